The van der Waals surface area contributed by atoms with E-state index in [2.05, 4.69) is 31.9 Å². The molecule has 1 aromatic heterocycles. The summed E-state index contributed by atoms with van der Waals surface area (Å²) < 4.78 is 10.7. The van der Waals surface area contributed by atoms with Crippen molar-refractivity contribution >= 4 is 17.5 Å². The Morgan fingerprint density at radius 3 is 2.63 bits per heavy atom. The minimum absolute atomic E-state index is 0.368. The maximum Gasteiger partial charge on any atom is 0.244 e. The van der Waals surface area contributed by atoms with Crippen LogP contribution in [0.2, 0.25) is 0 Å². The maximum atomic E-state index is 9.15. The van der Waals surface area contributed by atoms with Crippen LogP contribution in [0.3, 0.4) is 0 Å². The summed E-state index contributed by atoms with van der Waals surface area (Å²) >= 11 is 0. The summed E-state index contributed by atoms with van der Waals surface area (Å²) in [6.07, 6.45) is 1.49. The van der Waals surface area contributed by atoms with Crippen LogP contribution in [0.4, 0.5) is 17.5 Å². The Balaban J connectivity index is 1.52. The van der Waals surface area contributed by atoms with E-state index in [0.717, 1.165) is 11.5 Å². The van der Waals surface area contributed by atoms with E-state index in [1.807, 2.05) is 30.3 Å². The molecule has 0 bridgehead atoms. The highest BCUT2D eigenvalue weighted by atomic mass is 16.5. The summed E-state index contributed by atoms with van der Waals surface area (Å²) in [7, 11) is 1.62. The van der Waals surface area contributed by atoms with Crippen molar-refractivity contribution in [3.63, 3.8) is 0 Å². The fourth-order valence-electron chi connectivity index (χ4n) is 2.27. The average Bonchev–Trinajstić information content (AvgIpc) is 2.72. The molecule has 0 aliphatic rings. The van der Waals surface area contributed by atoms with Gasteiger partial charge in [0.2, 0.25) is 5.95 Å². The van der Waals surface area contributed by atoms with Gasteiger partial charge in [-0.15, -0.1) is 5.10 Å². The van der Waals surface area contributed by atoms with E-state index in [1.165, 1.54) is 6.20 Å². The van der Waals surface area contributed by atoms with Crippen LogP contribution in [0.15, 0.2) is 54.7 Å². The third-order valence-electron chi connectivity index (χ3n) is 3.58. The van der Waals surface area contributed by atoms with Crippen LogP contribution in [-0.2, 0) is 0 Å². The number of methoxy groups -OCH3 is 1. The summed E-state index contributed by atoms with van der Waals surface area (Å²) in [5, 5.41) is 23.1. The number of hydrogen-bond donors (Lipinski definition) is 2. The molecule has 0 amide bonds. The SMILES string of the molecule is COc1ccc(OCCNc2nncc(Nc3ccccc3C#N)n2)cc1. The van der Waals surface area contributed by atoms with E-state index >= 15 is 0 Å². The zero-order valence-corrected chi connectivity index (χ0v) is 14.7. The summed E-state index contributed by atoms with van der Waals surface area (Å²) in [5.41, 5.74) is 1.19. The number of rotatable bonds is 8. The topological polar surface area (TPSA) is 105 Å². The van der Waals surface area contributed by atoms with Crippen molar-refractivity contribution in [2.24, 2.45) is 0 Å². The third-order valence-corrected chi connectivity index (χ3v) is 3.58. The lowest BCUT2D eigenvalue weighted by Crippen LogP contribution is -2.14. The molecule has 27 heavy (non-hydrogen) atoms. The number of hydrogen-bond acceptors (Lipinski definition) is 8. The monoisotopic (exact) mass is 362 g/mol. The standard InChI is InChI=1S/C19H18N6O2/c1-26-15-6-8-16(9-7-15)27-11-10-21-19-24-18(13-22-25-19)23-17-5-3-2-4-14(17)12-20/h2-9,13H,10-11H2,1H3,(H2,21,23,24,25). The van der Waals surface area contributed by atoms with E-state index < -0.39 is 0 Å². The number of nitrogens with zero attached hydrogens (tertiary/aromatic N) is 4. The Hall–Kier alpha value is -3.86. The first kappa shape index (κ1) is 17.9. The molecule has 0 atom stereocenters. The van der Waals surface area contributed by atoms with E-state index in [0.29, 0.717) is 36.2 Å². The highest BCUT2D eigenvalue weighted by Crippen LogP contribution is 2.19. The van der Waals surface area contributed by atoms with E-state index in [4.69, 9.17) is 14.7 Å². The number of nitrogens with one attached hydrogen (secondary N) is 2. The second-order valence-electron chi connectivity index (χ2n) is 5.40. The van der Waals surface area contributed by atoms with Crippen LogP contribution < -0.4 is 20.1 Å². The van der Waals surface area contributed by atoms with Crippen molar-refractivity contribution < 1.29 is 9.47 Å². The quantitative estimate of drug-likeness (QED) is 0.589. The van der Waals surface area contributed by atoms with E-state index in [-0.39, 0.29) is 0 Å². The zero-order valence-electron chi connectivity index (χ0n) is 14.7. The Morgan fingerprint density at radius 1 is 1.07 bits per heavy atom. The first-order chi connectivity index (χ1) is 13.3. The molecule has 0 aliphatic heterocycles. The van der Waals surface area contributed by atoms with Gasteiger partial charge in [0.25, 0.3) is 0 Å². The van der Waals surface area contributed by atoms with Gasteiger partial charge in [-0.05, 0) is 36.4 Å². The van der Waals surface area contributed by atoms with Gasteiger partial charge in [0.1, 0.15) is 24.2 Å². The summed E-state index contributed by atoms with van der Waals surface area (Å²) in [6, 6.07) is 16.7. The summed E-state index contributed by atoms with van der Waals surface area (Å²) in [5.74, 6) is 2.39. The van der Waals surface area contributed by atoms with Crippen LogP contribution in [0.1, 0.15) is 5.56 Å². The second kappa shape index (κ2) is 9.01. The van der Waals surface area contributed by atoms with Gasteiger partial charge in [0.05, 0.1) is 31.1 Å². The van der Waals surface area contributed by atoms with Crippen LogP contribution in [0.25, 0.3) is 0 Å². The van der Waals surface area contributed by atoms with Crippen LogP contribution in [0.5, 0.6) is 11.5 Å². The first-order valence-electron chi connectivity index (χ1n) is 8.25. The van der Waals surface area contributed by atoms with Gasteiger partial charge >= 0.3 is 0 Å². The zero-order chi connectivity index (χ0) is 18.9. The molecular formula is C19H18N6O2. The number of para-hydroxylation sites is 1. The number of benzene rings is 2. The average molecular weight is 362 g/mol. The van der Waals surface area contributed by atoms with Crippen molar-refractivity contribution in [1.82, 2.24) is 15.2 Å². The molecular weight excluding hydrogens is 344 g/mol. The number of ether oxygens (including phenoxy) is 2. The van der Waals surface area contributed by atoms with Gasteiger partial charge in [-0.25, -0.2) is 0 Å². The largest absolute Gasteiger partial charge is 0.497 e. The molecule has 2 aromatic carbocycles. The molecule has 0 spiro atoms. The van der Waals surface area contributed by atoms with Crippen molar-refractivity contribution in [3.8, 4) is 17.6 Å². The van der Waals surface area contributed by atoms with Gasteiger partial charge in [-0.2, -0.15) is 15.3 Å². The normalized spacial score (nSPS) is 9.93. The van der Waals surface area contributed by atoms with Crippen LogP contribution in [-0.4, -0.2) is 35.4 Å². The van der Waals surface area contributed by atoms with Gasteiger partial charge in [0, 0.05) is 0 Å². The fraction of sp³-hybridized carbons (Fsp3) is 0.158. The smallest absolute Gasteiger partial charge is 0.244 e. The van der Waals surface area contributed by atoms with Gasteiger partial charge in [-0.1, -0.05) is 12.1 Å². The third kappa shape index (κ3) is 5.06. The number of anilines is 3. The van der Waals surface area contributed by atoms with E-state index in [9.17, 15) is 0 Å². The lowest BCUT2D eigenvalue weighted by Gasteiger charge is -2.09. The van der Waals surface area contributed by atoms with Gasteiger partial charge < -0.3 is 20.1 Å². The highest BCUT2D eigenvalue weighted by Gasteiger charge is 2.04. The number of aromatic nitrogens is 3. The maximum absolute atomic E-state index is 9.15. The molecule has 0 unspecified atom stereocenters. The highest BCUT2D eigenvalue weighted by molar-refractivity contribution is 5.64. The Bertz CT molecular complexity index is 924. The minimum Gasteiger partial charge on any atom is -0.497 e. The van der Waals surface area contributed by atoms with Crippen molar-refractivity contribution in [2.45, 2.75) is 0 Å². The summed E-state index contributed by atoms with van der Waals surface area (Å²) in [4.78, 5) is 4.33. The predicted molar refractivity (Wildman–Crippen MR) is 101 cm³/mol. The molecule has 2 N–H and O–H groups in total. The Labute approximate surface area is 156 Å². The number of nitriles is 1. The van der Waals surface area contributed by atoms with Crippen LogP contribution in [0, 0.1) is 11.3 Å². The second-order valence-corrected chi connectivity index (χ2v) is 5.40. The van der Waals surface area contributed by atoms with Crippen molar-refractivity contribution in [1.29, 1.82) is 5.26 Å². The van der Waals surface area contributed by atoms with Crippen molar-refractivity contribution in [2.75, 3.05) is 30.9 Å². The van der Waals surface area contributed by atoms with Crippen molar-refractivity contribution in [3.05, 3.63) is 60.3 Å². The lowest BCUT2D eigenvalue weighted by atomic mass is 10.2. The molecule has 0 fully saturated rings. The fourth-order valence-corrected chi connectivity index (χ4v) is 2.27. The molecule has 3 aromatic rings. The molecule has 1 heterocycles. The molecule has 136 valence electrons. The Kier molecular flexibility index (Phi) is 5.99. The molecule has 0 radical (unpaired) electrons. The lowest BCUT2D eigenvalue weighted by molar-refractivity contribution is 0.331. The molecule has 0 saturated heterocycles. The summed E-state index contributed by atoms with van der Waals surface area (Å²) in [6.45, 7) is 0.941. The molecule has 3 rings (SSSR count). The minimum atomic E-state index is 0.368. The van der Waals surface area contributed by atoms with E-state index in [1.54, 1.807) is 25.3 Å². The first-order valence-corrected chi connectivity index (χ1v) is 8.25. The van der Waals surface area contributed by atoms with Gasteiger partial charge in [0.15, 0.2) is 5.82 Å². The predicted octanol–water partition coefficient (Wildman–Crippen LogP) is 2.99. The molecule has 0 saturated carbocycles. The van der Waals surface area contributed by atoms with Crippen LogP contribution >= 0.6 is 0 Å². The molecule has 8 nitrogen and oxygen atoms in total. The Morgan fingerprint density at radius 2 is 1.85 bits per heavy atom. The molecule has 8 heteroatoms. The van der Waals surface area contributed by atoms with Gasteiger partial charge in [-0.3, -0.25) is 0 Å². The molecule has 0 aliphatic carbocycles.